The van der Waals surface area contributed by atoms with Crippen molar-refractivity contribution in [1.82, 2.24) is 10.2 Å². The van der Waals surface area contributed by atoms with E-state index in [2.05, 4.69) is 12.2 Å². The Morgan fingerprint density at radius 3 is 2.39 bits per heavy atom. The standard InChI is InChI=1S/C18H27ClN2O2/c1-5-7-12-21(6-2)18(23)16(13(3)4)20-17(22)14-10-8-9-11-15(14)19/h8-11,13,16H,5-7,12H2,1-4H3,(H,20,22). The Labute approximate surface area is 144 Å². The van der Waals surface area contributed by atoms with Gasteiger partial charge < -0.3 is 10.2 Å². The van der Waals surface area contributed by atoms with Crippen molar-refractivity contribution in [3.63, 3.8) is 0 Å². The number of carbonyl (C=O) groups is 2. The highest BCUT2D eigenvalue weighted by Gasteiger charge is 2.28. The monoisotopic (exact) mass is 338 g/mol. The molecule has 128 valence electrons. The molecule has 0 bridgehead atoms. The maximum absolute atomic E-state index is 12.8. The number of hydrogen-bond donors (Lipinski definition) is 1. The fraction of sp³-hybridized carbons (Fsp3) is 0.556. The molecule has 23 heavy (non-hydrogen) atoms. The molecule has 0 spiro atoms. The molecular formula is C18H27ClN2O2. The maximum atomic E-state index is 12.8. The zero-order valence-corrected chi connectivity index (χ0v) is 15.2. The molecule has 0 saturated heterocycles. The molecule has 0 aliphatic rings. The van der Waals surface area contributed by atoms with Crippen LogP contribution in [-0.2, 0) is 4.79 Å². The van der Waals surface area contributed by atoms with Crippen molar-refractivity contribution >= 4 is 23.4 Å². The molecule has 0 aliphatic carbocycles. The molecule has 0 aromatic heterocycles. The SMILES string of the molecule is CCCCN(CC)C(=O)C(NC(=O)c1ccccc1Cl)C(C)C. The number of hydrogen-bond acceptors (Lipinski definition) is 2. The molecule has 1 unspecified atom stereocenters. The van der Waals surface area contributed by atoms with Gasteiger partial charge in [0.15, 0.2) is 0 Å². The Morgan fingerprint density at radius 1 is 1.22 bits per heavy atom. The van der Waals surface area contributed by atoms with Crippen LogP contribution in [0, 0.1) is 5.92 Å². The fourth-order valence-electron chi connectivity index (χ4n) is 2.35. The van der Waals surface area contributed by atoms with Crippen LogP contribution in [0.15, 0.2) is 24.3 Å². The summed E-state index contributed by atoms with van der Waals surface area (Å²) in [4.78, 5) is 27.0. The first-order chi connectivity index (χ1) is 10.9. The number of carbonyl (C=O) groups excluding carboxylic acids is 2. The van der Waals surface area contributed by atoms with E-state index in [4.69, 9.17) is 11.6 Å². The predicted molar refractivity (Wildman–Crippen MR) is 94.7 cm³/mol. The summed E-state index contributed by atoms with van der Waals surface area (Å²) in [6.45, 7) is 9.28. The number of likely N-dealkylation sites (N-methyl/N-ethyl adjacent to an activating group) is 1. The third kappa shape index (κ3) is 5.54. The van der Waals surface area contributed by atoms with Crippen molar-refractivity contribution in [2.24, 2.45) is 5.92 Å². The van der Waals surface area contributed by atoms with Gasteiger partial charge in [0.05, 0.1) is 10.6 Å². The lowest BCUT2D eigenvalue weighted by Crippen LogP contribution is -2.51. The van der Waals surface area contributed by atoms with Crippen LogP contribution in [0.2, 0.25) is 5.02 Å². The van der Waals surface area contributed by atoms with E-state index in [1.165, 1.54) is 0 Å². The van der Waals surface area contributed by atoms with E-state index in [0.29, 0.717) is 17.1 Å². The van der Waals surface area contributed by atoms with Crippen LogP contribution in [0.25, 0.3) is 0 Å². The van der Waals surface area contributed by atoms with Crippen LogP contribution in [-0.4, -0.2) is 35.8 Å². The fourth-order valence-corrected chi connectivity index (χ4v) is 2.57. The molecular weight excluding hydrogens is 312 g/mol. The Balaban J connectivity index is 2.88. The highest BCUT2D eigenvalue weighted by atomic mass is 35.5. The molecule has 1 aromatic carbocycles. The van der Waals surface area contributed by atoms with E-state index < -0.39 is 6.04 Å². The Kier molecular flexibility index (Phi) is 8.10. The number of amides is 2. The molecule has 0 saturated carbocycles. The van der Waals surface area contributed by atoms with Crippen molar-refractivity contribution in [3.8, 4) is 0 Å². The van der Waals surface area contributed by atoms with E-state index in [1.807, 2.05) is 20.8 Å². The van der Waals surface area contributed by atoms with E-state index in [-0.39, 0.29) is 17.7 Å². The highest BCUT2D eigenvalue weighted by Crippen LogP contribution is 2.16. The second-order valence-corrected chi connectivity index (χ2v) is 6.35. The van der Waals surface area contributed by atoms with Crippen molar-refractivity contribution in [3.05, 3.63) is 34.9 Å². The second kappa shape index (κ2) is 9.56. The van der Waals surface area contributed by atoms with Gasteiger partial charge in [-0.05, 0) is 31.4 Å². The maximum Gasteiger partial charge on any atom is 0.253 e. The number of benzene rings is 1. The molecule has 0 heterocycles. The minimum absolute atomic E-state index is 0.00427. The summed E-state index contributed by atoms with van der Waals surface area (Å²) < 4.78 is 0. The van der Waals surface area contributed by atoms with Crippen LogP contribution in [0.1, 0.15) is 50.9 Å². The topological polar surface area (TPSA) is 49.4 Å². The van der Waals surface area contributed by atoms with Gasteiger partial charge in [0.25, 0.3) is 5.91 Å². The van der Waals surface area contributed by atoms with Gasteiger partial charge in [0.1, 0.15) is 6.04 Å². The average molecular weight is 339 g/mol. The van der Waals surface area contributed by atoms with Gasteiger partial charge >= 0.3 is 0 Å². The van der Waals surface area contributed by atoms with E-state index in [1.54, 1.807) is 29.2 Å². The average Bonchev–Trinajstić information content (AvgIpc) is 2.53. The van der Waals surface area contributed by atoms with Gasteiger partial charge in [0.2, 0.25) is 5.91 Å². The smallest absolute Gasteiger partial charge is 0.253 e. The molecule has 0 radical (unpaired) electrons. The number of halogens is 1. The largest absolute Gasteiger partial charge is 0.341 e. The molecule has 5 heteroatoms. The summed E-state index contributed by atoms with van der Waals surface area (Å²) in [6, 6.07) is 6.31. The third-order valence-electron chi connectivity index (χ3n) is 3.81. The molecule has 0 fully saturated rings. The third-order valence-corrected chi connectivity index (χ3v) is 4.14. The summed E-state index contributed by atoms with van der Waals surface area (Å²) in [7, 11) is 0. The zero-order chi connectivity index (χ0) is 17.4. The van der Waals surface area contributed by atoms with Crippen LogP contribution < -0.4 is 5.32 Å². The first-order valence-electron chi connectivity index (χ1n) is 8.26. The Bertz CT molecular complexity index is 532. The summed E-state index contributed by atoms with van der Waals surface area (Å²) in [5.41, 5.74) is 0.393. The Morgan fingerprint density at radius 2 is 1.87 bits per heavy atom. The van der Waals surface area contributed by atoms with Crippen LogP contribution >= 0.6 is 11.6 Å². The number of nitrogens with zero attached hydrogens (tertiary/aromatic N) is 1. The lowest BCUT2D eigenvalue weighted by atomic mass is 10.0. The first-order valence-corrected chi connectivity index (χ1v) is 8.64. The lowest BCUT2D eigenvalue weighted by Gasteiger charge is -2.29. The number of unbranched alkanes of at least 4 members (excludes halogenated alkanes) is 1. The molecule has 4 nitrogen and oxygen atoms in total. The summed E-state index contributed by atoms with van der Waals surface area (Å²) in [5.74, 6) is -0.338. The van der Waals surface area contributed by atoms with Crippen molar-refractivity contribution in [1.29, 1.82) is 0 Å². The van der Waals surface area contributed by atoms with E-state index >= 15 is 0 Å². The predicted octanol–water partition coefficient (Wildman–Crippen LogP) is 3.74. The number of nitrogens with one attached hydrogen (secondary N) is 1. The number of rotatable bonds is 8. The van der Waals surface area contributed by atoms with E-state index in [9.17, 15) is 9.59 Å². The van der Waals surface area contributed by atoms with Gasteiger partial charge in [-0.3, -0.25) is 9.59 Å². The van der Waals surface area contributed by atoms with Gasteiger partial charge in [-0.25, -0.2) is 0 Å². The first kappa shape index (κ1) is 19.5. The molecule has 1 atom stereocenters. The lowest BCUT2D eigenvalue weighted by molar-refractivity contribution is -0.134. The van der Waals surface area contributed by atoms with Crippen molar-refractivity contribution < 1.29 is 9.59 Å². The van der Waals surface area contributed by atoms with Gasteiger partial charge in [-0.1, -0.05) is 50.9 Å². The van der Waals surface area contributed by atoms with Gasteiger partial charge in [-0.2, -0.15) is 0 Å². The molecule has 1 N–H and O–H groups in total. The molecule has 0 aliphatic heterocycles. The van der Waals surface area contributed by atoms with Gasteiger partial charge in [-0.15, -0.1) is 0 Å². The summed E-state index contributed by atoms with van der Waals surface area (Å²) in [6.07, 6.45) is 1.99. The molecule has 1 aromatic rings. The highest BCUT2D eigenvalue weighted by molar-refractivity contribution is 6.33. The van der Waals surface area contributed by atoms with Crippen LogP contribution in [0.3, 0.4) is 0 Å². The molecule has 2 amide bonds. The molecule has 1 rings (SSSR count). The minimum Gasteiger partial charge on any atom is -0.341 e. The van der Waals surface area contributed by atoms with Crippen LogP contribution in [0.5, 0.6) is 0 Å². The summed E-state index contributed by atoms with van der Waals surface area (Å²) >= 11 is 6.06. The van der Waals surface area contributed by atoms with Crippen molar-refractivity contribution in [2.75, 3.05) is 13.1 Å². The summed E-state index contributed by atoms with van der Waals surface area (Å²) in [5, 5.41) is 3.24. The zero-order valence-electron chi connectivity index (χ0n) is 14.4. The van der Waals surface area contributed by atoms with Crippen molar-refractivity contribution in [2.45, 2.75) is 46.6 Å². The normalized spacial score (nSPS) is 12.1. The second-order valence-electron chi connectivity index (χ2n) is 5.95. The minimum atomic E-state index is -0.546. The van der Waals surface area contributed by atoms with E-state index in [0.717, 1.165) is 19.4 Å². The quantitative estimate of drug-likeness (QED) is 0.785. The van der Waals surface area contributed by atoms with Crippen LogP contribution in [0.4, 0.5) is 0 Å². The Hall–Kier alpha value is -1.55. The van der Waals surface area contributed by atoms with Gasteiger partial charge in [0, 0.05) is 13.1 Å².